The molecule has 152 valence electrons. The van der Waals surface area contributed by atoms with Gasteiger partial charge in [0.25, 0.3) is 0 Å². The van der Waals surface area contributed by atoms with Crippen molar-refractivity contribution in [2.24, 2.45) is 0 Å². The summed E-state index contributed by atoms with van der Waals surface area (Å²) in [5.41, 5.74) is 0. The van der Waals surface area contributed by atoms with Crippen molar-refractivity contribution in [3.05, 3.63) is 0 Å². The van der Waals surface area contributed by atoms with Gasteiger partial charge in [-0.3, -0.25) is 0 Å². The number of quaternary nitrogens is 3. The fraction of sp³-hybridized carbons (Fsp3) is 0. The van der Waals surface area contributed by atoms with Crippen LogP contribution in [0.4, 0.5) is 0 Å². The predicted octanol–water partition coefficient (Wildman–Crippen LogP) is -4.85. The SMILES string of the molecule is O.O.O.O=C=O.O=C=O.O=C=O.O=C=O.O=C=O.O=C=O.[Fe].[NH4+].[NH4+].[NH4+]. The van der Waals surface area contributed by atoms with E-state index in [1.54, 1.807) is 0 Å². The van der Waals surface area contributed by atoms with Gasteiger partial charge in [0.15, 0.2) is 0 Å². The van der Waals surface area contributed by atoms with Crippen LogP contribution >= 0.6 is 0 Å². The molecular weight excluding hydrogens is 410 g/mol. The van der Waals surface area contributed by atoms with Gasteiger partial charge >= 0.3 is 36.9 Å². The molecule has 0 radical (unpaired) electrons. The molecule has 0 atom stereocenters. The van der Waals surface area contributed by atoms with Crippen molar-refractivity contribution in [2.75, 3.05) is 0 Å². The van der Waals surface area contributed by atoms with Gasteiger partial charge in [-0.15, -0.1) is 0 Å². The first-order valence-corrected chi connectivity index (χ1v) is 2.45. The van der Waals surface area contributed by atoms with Gasteiger partial charge in [-0.2, -0.15) is 57.5 Å². The largest absolute Gasteiger partial charge is 0.412 e. The van der Waals surface area contributed by atoms with Crippen LogP contribution in [0.3, 0.4) is 0 Å². The normalized spacial score (nSPS) is 1.92. The van der Waals surface area contributed by atoms with E-state index in [1.807, 2.05) is 0 Å². The molecule has 0 saturated carbocycles. The van der Waals surface area contributed by atoms with Crippen LogP contribution in [0.5, 0.6) is 0 Å². The minimum absolute atomic E-state index is 0. The van der Waals surface area contributed by atoms with E-state index in [2.05, 4.69) is 0 Å². The molecule has 0 unspecified atom stereocenters. The van der Waals surface area contributed by atoms with Gasteiger partial charge in [0.1, 0.15) is 0 Å². The smallest absolute Gasteiger partial charge is 0.373 e. The van der Waals surface area contributed by atoms with Crippen molar-refractivity contribution in [3.8, 4) is 0 Å². The summed E-state index contributed by atoms with van der Waals surface area (Å²) in [5.74, 6) is 0. The second-order valence-corrected chi connectivity index (χ2v) is 0.500. The Labute approximate surface area is 147 Å². The van der Waals surface area contributed by atoms with E-state index in [1.165, 1.54) is 0 Å². The summed E-state index contributed by atoms with van der Waals surface area (Å²) in [6, 6.07) is 0. The zero-order valence-electron chi connectivity index (χ0n) is 12.8. The molecule has 0 aliphatic carbocycles. The second-order valence-electron chi connectivity index (χ2n) is 0.500. The van der Waals surface area contributed by atoms with Crippen LogP contribution < -0.4 is 18.5 Å². The first-order chi connectivity index (χ1) is 8.49. The molecule has 0 heterocycles. The van der Waals surface area contributed by atoms with E-state index in [0.29, 0.717) is 0 Å². The molecule has 0 aromatic rings. The Bertz CT molecular complexity index is 256. The molecule has 0 saturated heterocycles. The van der Waals surface area contributed by atoms with E-state index in [4.69, 9.17) is 57.5 Å². The molecular formula is C6H18FeN3O15+3. The van der Waals surface area contributed by atoms with Gasteiger partial charge in [-0.05, 0) is 0 Å². The van der Waals surface area contributed by atoms with Crippen molar-refractivity contribution in [1.29, 1.82) is 0 Å². The van der Waals surface area contributed by atoms with E-state index in [-0.39, 0.29) is 88.9 Å². The number of rotatable bonds is 0. The molecule has 25 heavy (non-hydrogen) atoms. The van der Waals surface area contributed by atoms with Crippen molar-refractivity contribution in [3.63, 3.8) is 0 Å². The number of hydrogen-bond acceptors (Lipinski definition) is 12. The van der Waals surface area contributed by atoms with Crippen LogP contribution in [0, 0.1) is 0 Å². The molecule has 0 aliphatic heterocycles. The second kappa shape index (κ2) is 1200. The molecule has 18 nitrogen and oxygen atoms in total. The predicted molar refractivity (Wildman–Crippen MR) is 58.8 cm³/mol. The Morgan fingerprint density at radius 1 is 0.280 bits per heavy atom. The summed E-state index contributed by atoms with van der Waals surface area (Å²) >= 11 is 0. The topological polar surface area (TPSA) is 409 Å². The van der Waals surface area contributed by atoms with Gasteiger partial charge in [0.05, 0.1) is 0 Å². The van der Waals surface area contributed by atoms with Crippen LogP contribution in [0.25, 0.3) is 0 Å². The quantitative estimate of drug-likeness (QED) is 0.306. The minimum Gasteiger partial charge on any atom is -0.412 e. The van der Waals surface area contributed by atoms with Gasteiger partial charge in [-0.1, -0.05) is 0 Å². The molecule has 19 heteroatoms. The Hall–Kier alpha value is -3.44. The third-order valence-electron chi connectivity index (χ3n) is 0. The fourth-order valence-electron chi connectivity index (χ4n) is 0. The van der Waals surface area contributed by atoms with Crippen LogP contribution in [0.1, 0.15) is 0 Å². The molecule has 0 aromatic carbocycles. The summed E-state index contributed by atoms with van der Waals surface area (Å²) in [6.45, 7) is 0. The standard InChI is InChI=1S/6CO2.Fe.3H3N.3H2O/c6*2-1-3;;;;;;;/h;;;;;;;3*1H3;3*1H2/p+3. The van der Waals surface area contributed by atoms with E-state index >= 15 is 0 Å². The van der Waals surface area contributed by atoms with Crippen molar-refractivity contribution < 1.29 is 91.0 Å². The van der Waals surface area contributed by atoms with Gasteiger partial charge < -0.3 is 34.9 Å². The Kier molecular flexibility index (Phi) is 5970. The molecule has 0 spiro atoms. The van der Waals surface area contributed by atoms with Gasteiger partial charge in [0, 0.05) is 17.1 Å². The molecule has 0 fully saturated rings. The fourth-order valence-corrected chi connectivity index (χ4v) is 0. The van der Waals surface area contributed by atoms with E-state index < -0.39 is 0 Å². The van der Waals surface area contributed by atoms with Crippen molar-refractivity contribution in [1.82, 2.24) is 18.5 Å². The summed E-state index contributed by atoms with van der Waals surface area (Å²) in [4.78, 5) is 97.5. The van der Waals surface area contributed by atoms with Crippen LogP contribution in [-0.2, 0) is 74.6 Å². The van der Waals surface area contributed by atoms with E-state index in [9.17, 15) is 0 Å². The zero-order chi connectivity index (χ0) is 16.2. The summed E-state index contributed by atoms with van der Waals surface area (Å²) < 4.78 is 0. The minimum atomic E-state index is 0. The maximum atomic E-state index is 8.12. The number of hydrogen-bond donors (Lipinski definition) is 3. The van der Waals surface area contributed by atoms with Crippen molar-refractivity contribution >= 4 is 36.9 Å². The summed E-state index contributed by atoms with van der Waals surface area (Å²) in [6.07, 6.45) is 1.50. The third kappa shape index (κ3) is 598. The molecule has 0 bridgehead atoms. The third-order valence-corrected chi connectivity index (χ3v) is 0. The van der Waals surface area contributed by atoms with Crippen LogP contribution in [0.15, 0.2) is 0 Å². The zero-order valence-corrected chi connectivity index (χ0v) is 13.9. The Balaban J connectivity index is -0.00000000595. The van der Waals surface area contributed by atoms with Crippen LogP contribution in [-0.4, -0.2) is 53.3 Å². The molecule has 0 rings (SSSR count). The maximum Gasteiger partial charge on any atom is 0.373 e. The number of carbonyl (C=O) groups excluding carboxylic acids is 12. The van der Waals surface area contributed by atoms with Crippen LogP contribution in [0.2, 0.25) is 0 Å². The molecule has 0 aromatic heterocycles. The summed E-state index contributed by atoms with van der Waals surface area (Å²) in [7, 11) is 0. The molecule has 18 N–H and O–H groups in total. The first kappa shape index (κ1) is 124. The monoisotopic (exact) mass is 428 g/mol. The first-order valence-electron chi connectivity index (χ1n) is 2.45. The summed E-state index contributed by atoms with van der Waals surface area (Å²) in [5, 5.41) is 0. The van der Waals surface area contributed by atoms with E-state index in [0.717, 1.165) is 0 Å². The maximum absolute atomic E-state index is 8.12. The Morgan fingerprint density at radius 2 is 0.280 bits per heavy atom. The molecule has 0 aliphatic rings. The van der Waals surface area contributed by atoms with Crippen molar-refractivity contribution in [2.45, 2.75) is 0 Å². The molecule has 0 amide bonds. The van der Waals surface area contributed by atoms with Gasteiger partial charge in [0.2, 0.25) is 0 Å². The average Bonchev–Trinajstić information content (AvgIpc) is 2.23. The average molecular weight is 428 g/mol. The van der Waals surface area contributed by atoms with Gasteiger partial charge in [-0.25, -0.2) is 0 Å². The Morgan fingerprint density at radius 3 is 0.280 bits per heavy atom.